The van der Waals surface area contributed by atoms with Crippen molar-refractivity contribution in [2.75, 3.05) is 5.32 Å². The molecule has 116 valence electrons. The summed E-state index contributed by atoms with van der Waals surface area (Å²) in [4.78, 5) is 23.3. The Morgan fingerprint density at radius 2 is 1.87 bits per heavy atom. The van der Waals surface area contributed by atoms with Gasteiger partial charge in [0.1, 0.15) is 6.42 Å². The van der Waals surface area contributed by atoms with Crippen LogP contribution in [0.5, 0.6) is 0 Å². The van der Waals surface area contributed by atoms with E-state index in [-0.39, 0.29) is 18.2 Å². The highest BCUT2D eigenvalue weighted by Gasteiger charge is 2.06. The first-order valence-electron chi connectivity index (χ1n) is 6.88. The highest BCUT2D eigenvalue weighted by atomic mass is 79.9. The quantitative estimate of drug-likeness (QED) is 0.846. The fourth-order valence-electron chi connectivity index (χ4n) is 1.90. The molecule has 0 aromatic heterocycles. The van der Waals surface area contributed by atoms with Crippen LogP contribution in [0, 0.1) is 11.3 Å². The fraction of sp³-hybridized carbons (Fsp3) is 0.118. The van der Waals surface area contributed by atoms with Crippen LogP contribution in [0.1, 0.15) is 22.3 Å². The van der Waals surface area contributed by atoms with Crippen LogP contribution >= 0.6 is 15.9 Å². The first-order chi connectivity index (χ1) is 11.1. The zero-order valence-corrected chi connectivity index (χ0v) is 13.8. The number of amides is 2. The highest BCUT2D eigenvalue weighted by molar-refractivity contribution is 9.10. The van der Waals surface area contributed by atoms with Crippen LogP contribution in [0.4, 0.5) is 5.69 Å². The molecule has 0 aliphatic rings. The van der Waals surface area contributed by atoms with E-state index >= 15 is 0 Å². The Kier molecular flexibility index (Phi) is 5.89. The molecular formula is C17H14BrN3O2. The predicted octanol–water partition coefficient (Wildman–Crippen LogP) is 3.23. The van der Waals surface area contributed by atoms with Crippen LogP contribution in [0.3, 0.4) is 0 Å². The summed E-state index contributed by atoms with van der Waals surface area (Å²) in [5.41, 5.74) is 2.11. The van der Waals surface area contributed by atoms with Gasteiger partial charge in [0.2, 0.25) is 5.91 Å². The third-order valence-electron chi connectivity index (χ3n) is 3.02. The van der Waals surface area contributed by atoms with Crippen molar-refractivity contribution < 1.29 is 9.59 Å². The van der Waals surface area contributed by atoms with Crippen molar-refractivity contribution in [3.63, 3.8) is 0 Å². The Morgan fingerprint density at radius 3 is 2.52 bits per heavy atom. The van der Waals surface area contributed by atoms with Gasteiger partial charge < -0.3 is 10.6 Å². The molecule has 0 fully saturated rings. The number of nitrogens with zero attached hydrogens (tertiary/aromatic N) is 1. The lowest BCUT2D eigenvalue weighted by Crippen LogP contribution is -2.22. The number of carbonyl (C=O) groups is 2. The maximum absolute atomic E-state index is 12.0. The van der Waals surface area contributed by atoms with Crippen LogP contribution in [0.2, 0.25) is 0 Å². The van der Waals surface area contributed by atoms with Gasteiger partial charge in [0, 0.05) is 22.3 Å². The van der Waals surface area contributed by atoms with Gasteiger partial charge in [0.15, 0.2) is 0 Å². The zero-order chi connectivity index (χ0) is 16.7. The molecule has 0 bridgehead atoms. The smallest absolute Gasteiger partial charge is 0.251 e. The Bertz CT molecular complexity index is 751. The highest BCUT2D eigenvalue weighted by Crippen LogP contribution is 2.12. The molecule has 0 saturated carbocycles. The molecule has 2 amide bonds. The summed E-state index contributed by atoms with van der Waals surface area (Å²) < 4.78 is 0.850. The summed E-state index contributed by atoms with van der Waals surface area (Å²) >= 11 is 3.33. The third-order valence-corrected chi connectivity index (χ3v) is 3.51. The molecule has 6 heteroatoms. The monoisotopic (exact) mass is 371 g/mol. The average Bonchev–Trinajstić information content (AvgIpc) is 2.54. The second-order valence-electron chi connectivity index (χ2n) is 4.77. The number of rotatable bonds is 5. The molecule has 0 aliphatic carbocycles. The van der Waals surface area contributed by atoms with Gasteiger partial charge in [-0.05, 0) is 35.9 Å². The SMILES string of the molecule is N#CCC(=O)Nc1ccc(CNC(=O)c2cccc(Br)c2)cc1. The zero-order valence-electron chi connectivity index (χ0n) is 12.2. The molecule has 0 aliphatic heterocycles. The van der Waals surface area contributed by atoms with Gasteiger partial charge in [-0.1, -0.05) is 34.1 Å². The summed E-state index contributed by atoms with van der Waals surface area (Å²) in [6.45, 7) is 0.387. The van der Waals surface area contributed by atoms with Crippen molar-refractivity contribution in [3.05, 3.63) is 64.1 Å². The predicted molar refractivity (Wildman–Crippen MR) is 90.6 cm³/mol. The Hall–Kier alpha value is -2.65. The Labute approximate surface area is 142 Å². The molecule has 0 atom stereocenters. The summed E-state index contributed by atoms with van der Waals surface area (Å²) in [6, 6.07) is 16.0. The number of hydrogen-bond acceptors (Lipinski definition) is 3. The van der Waals surface area contributed by atoms with Gasteiger partial charge in [0.05, 0.1) is 6.07 Å². The second kappa shape index (κ2) is 8.11. The number of nitriles is 1. The maximum atomic E-state index is 12.0. The summed E-state index contributed by atoms with van der Waals surface area (Å²) in [5, 5.41) is 13.9. The minimum Gasteiger partial charge on any atom is -0.348 e. The van der Waals surface area contributed by atoms with Gasteiger partial charge >= 0.3 is 0 Å². The summed E-state index contributed by atoms with van der Waals surface area (Å²) in [7, 11) is 0. The molecule has 2 aromatic rings. The minimum atomic E-state index is -0.344. The average molecular weight is 372 g/mol. The number of nitrogens with one attached hydrogen (secondary N) is 2. The molecule has 0 spiro atoms. The number of carbonyl (C=O) groups excluding carboxylic acids is 2. The molecule has 5 nitrogen and oxygen atoms in total. The summed E-state index contributed by atoms with van der Waals surface area (Å²) in [6.07, 6.45) is -0.176. The van der Waals surface area contributed by atoms with Crippen molar-refractivity contribution in [2.45, 2.75) is 13.0 Å². The van der Waals surface area contributed by atoms with Gasteiger partial charge in [0.25, 0.3) is 5.91 Å². The van der Waals surface area contributed by atoms with Crippen LogP contribution in [0.25, 0.3) is 0 Å². The number of hydrogen-bond donors (Lipinski definition) is 2. The molecule has 0 saturated heterocycles. The van der Waals surface area contributed by atoms with E-state index in [4.69, 9.17) is 5.26 Å². The number of halogens is 1. The molecule has 0 heterocycles. The lowest BCUT2D eigenvalue weighted by molar-refractivity contribution is -0.115. The van der Waals surface area contributed by atoms with E-state index in [1.165, 1.54) is 0 Å². The van der Waals surface area contributed by atoms with E-state index in [9.17, 15) is 9.59 Å². The molecule has 0 radical (unpaired) electrons. The van der Waals surface area contributed by atoms with Crippen molar-refractivity contribution in [3.8, 4) is 6.07 Å². The van der Waals surface area contributed by atoms with Crippen molar-refractivity contribution in [1.29, 1.82) is 5.26 Å². The molecule has 2 aromatic carbocycles. The van der Waals surface area contributed by atoms with E-state index in [1.54, 1.807) is 36.4 Å². The first-order valence-corrected chi connectivity index (χ1v) is 7.67. The number of benzene rings is 2. The van der Waals surface area contributed by atoms with E-state index in [0.717, 1.165) is 10.0 Å². The van der Waals surface area contributed by atoms with Gasteiger partial charge in [-0.3, -0.25) is 9.59 Å². The first kappa shape index (κ1) is 16.7. The van der Waals surface area contributed by atoms with Gasteiger partial charge in [-0.2, -0.15) is 5.26 Å². The van der Waals surface area contributed by atoms with Crippen molar-refractivity contribution in [2.24, 2.45) is 0 Å². The Morgan fingerprint density at radius 1 is 1.13 bits per heavy atom. The van der Waals surface area contributed by atoms with E-state index in [1.807, 2.05) is 18.2 Å². The van der Waals surface area contributed by atoms with Gasteiger partial charge in [-0.15, -0.1) is 0 Å². The van der Waals surface area contributed by atoms with E-state index in [2.05, 4.69) is 26.6 Å². The largest absolute Gasteiger partial charge is 0.348 e. The molecular weight excluding hydrogens is 358 g/mol. The van der Waals surface area contributed by atoms with Gasteiger partial charge in [-0.25, -0.2) is 0 Å². The fourth-order valence-corrected chi connectivity index (χ4v) is 2.30. The maximum Gasteiger partial charge on any atom is 0.251 e. The van der Waals surface area contributed by atoms with Crippen LogP contribution in [0.15, 0.2) is 53.0 Å². The lowest BCUT2D eigenvalue weighted by Gasteiger charge is -2.07. The second-order valence-corrected chi connectivity index (χ2v) is 5.69. The molecule has 2 N–H and O–H groups in total. The molecule has 23 heavy (non-hydrogen) atoms. The van der Waals surface area contributed by atoms with Crippen molar-refractivity contribution in [1.82, 2.24) is 5.32 Å². The van der Waals surface area contributed by atoms with Crippen LogP contribution in [-0.2, 0) is 11.3 Å². The van der Waals surface area contributed by atoms with Crippen molar-refractivity contribution >= 4 is 33.4 Å². The van der Waals surface area contributed by atoms with Crippen LogP contribution in [-0.4, -0.2) is 11.8 Å². The normalized spacial score (nSPS) is 9.74. The minimum absolute atomic E-state index is 0.155. The number of anilines is 1. The van der Waals surface area contributed by atoms with Crippen LogP contribution < -0.4 is 10.6 Å². The Balaban J connectivity index is 1.90. The standard InChI is InChI=1S/C17H14BrN3O2/c18-14-3-1-2-13(10-14)17(23)20-11-12-4-6-15(7-5-12)21-16(22)8-9-19/h1-7,10H,8,11H2,(H,20,23)(H,21,22). The molecule has 2 rings (SSSR count). The van der Waals surface area contributed by atoms with E-state index in [0.29, 0.717) is 17.8 Å². The van der Waals surface area contributed by atoms with E-state index < -0.39 is 0 Å². The summed E-state index contributed by atoms with van der Waals surface area (Å²) in [5.74, 6) is -0.499. The molecule has 0 unspecified atom stereocenters. The lowest BCUT2D eigenvalue weighted by atomic mass is 10.2. The third kappa shape index (κ3) is 5.24. The topological polar surface area (TPSA) is 82.0 Å².